The quantitative estimate of drug-likeness (QED) is 0.689. The van der Waals surface area contributed by atoms with Gasteiger partial charge in [0.2, 0.25) is 0 Å². The molecule has 0 radical (unpaired) electrons. The van der Waals surface area contributed by atoms with Gasteiger partial charge in [0.1, 0.15) is 0 Å². The maximum absolute atomic E-state index is 9.10. The number of aliphatic carboxylic acids is 2. The number of halogens is 1. The maximum Gasteiger partial charge on any atom is 0.414 e. The summed E-state index contributed by atoms with van der Waals surface area (Å²) in [6.07, 6.45) is 3.96. The lowest BCUT2D eigenvalue weighted by molar-refractivity contribution is -0.159. The van der Waals surface area contributed by atoms with Crippen molar-refractivity contribution < 1.29 is 19.8 Å². The summed E-state index contributed by atoms with van der Waals surface area (Å²) in [5, 5.41) is 18.3. The highest BCUT2D eigenvalue weighted by atomic mass is 79.9. The smallest absolute Gasteiger partial charge is 0.414 e. The van der Waals surface area contributed by atoms with Crippen LogP contribution in [-0.4, -0.2) is 28.7 Å². The Kier molecular flexibility index (Phi) is 6.52. The molecule has 1 fully saturated rings. The van der Waals surface area contributed by atoms with E-state index < -0.39 is 11.9 Å². The molecular weight excluding hydrogens is 314 g/mol. The fourth-order valence-corrected chi connectivity index (χ4v) is 2.10. The number of hydrogen-bond donors (Lipinski definition) is 3. The SMILES string of the molecule is Brc1ccc(C2CCCCN2)cc1.O=C(O)C(=O)O. The molecule has 1 unspecified atom stereocenters. The largest absolute Gasteiger partial charge is 0.473 e. The van der Waals surface area contributed by atoms with E-state index in [9.17, 15) is 0 Å². The molecule has 3 N–H and O–H groups in total. The van der Waals surface area contributed by atoms with Crippen LogP contribution >= 0.6 is 15.9 Å². The lowest BCUT2D eigenvalue weighted by atomic mass is 9.98. The average molecular weight is 330 g/mol. The number of piperidine rings is 1. The van der Waals surface area contributed by atoms with Gasteiger partial charge in [0.05, 0.1) is 0 Å². The summed E-state index contributed by atoms with van der Waals surface area (Å²) >= 11 is 3.45. The van der Waals surface area contributed by atoms with E-state index in [1.165, 1.54) is 31.4 Å². The molecule has 0 saturated carbocycles. The second-order valence-electron chi connectivity index (χ2n) is 4.16. The van der Waals surface area contributed by atoms with E-state index in [1.807, 2.05) is 0 Å². The van der Waals surface area contributed by atoms with Crippen LogP contribution in [0.3, 0.4) is 0 Å². The molecular formula is C13H16BrNO4. The van der Waals surface area contributed by atoms with Gasteiger partial charge in [-0.05, 0) is 37.1 Å². The van der Waals surface area contributed by atoms with Crippen molar-refractivity contribution in [3.8, 4) is 0 Å². The second kappa shape index (κ2) is 7.91. The van der Waals surface area contributed by atoms with Gasteiger partial charge in [-0.15, -0.1) is 0 Å². The minimum absolute atomic E-state index is 0.585. The molecule has 1 aromatic carbocycles. The molecule has 1 atom stereocenters. The molecule has 2 rings (SSSR count). The Bertz CT molecular complexity index is 415. The van der Waals surface area contributed by atoms with E-state index in [0.717, 1.165) is 4.47 Å². The Balaban J connectivity index is 0.000000258. The van der Waals surface area contributed by atoms with Gasteiger partial charge in [0.25, 0.3) is 0 Å². The van der Waals surface area contributed by atoms with Gasteiger partial charge in [-0.25, -0.2) is 9.59 Å². The third-order valence-electron chi connectivity index (χ3n) is 2.77. The summed E-state index contributed by atoms with van der Waals surface area (Å²) in [5.74, 6) is -3.65. The molecule has 5 nitrogen and oxygen atoms in total. The third-order valence-corrected chi connectivity index (χ3v) is 3.29. The van der Waals surface area contributed by atoms with Gasteiger partial charge >= 0.3 is 11.9 Å². The minimum Gasteiger partial charge on any atom is -0.473 e. The summed E-state index contributed by atoms with van der Waals surface area (Å²) in [6.45, 7) is 1.17. The monoisotopic (exact) mass is 329 g/mol. The highest BCUT2D eigenvalue weighted by molar-refractivity contribution is 9.10. The van der Waals surface area contributed by atoms with E-state index in [-0.39, 0.29) is 0 Å². The van der Waals surface area contributed by atoms with Gasteiger partial charge < -0.3 is 15.5 Å². The van der Waals surface area contributed by atoms with Crippen LogP contribution in [0.2, 0.25) is 0 Å². The first kappa shape index (κ1) is 15.7. The first-order valence-electron chi connectivity index (χ1n) is 5.95. The highest BCUT2D eigenvalue weighted by Gasteiger charge is 2.13. The molecule has 1 aliphatic heterocycles. The molecule has 1 aliphatic rings. The summed E-state index contributed by atoms with van der Waals surface area (Å²) in [4.78, 5) is 18.2. The van der Waals surface area contributed by atoms with Crippen molar-refractivity contribution >= 4 is 27.9 Å². The Hall–Kier alpha value is -1.40. The van der Waals surface area contributed by atoms with Crippen LogP contribution in [-0.2, 0) is 9.59 Å². The summed E-state index contributed by atoms with van der Waals surface area (Å²) in [5.41, 5.74) is 1.42. The van der Waals surface area contributed by atoms with Crippen molar-refractivity contribution in [3.05, 3.63) is 34.3 Å². The lowest BCUT2D eigenvalue weighted by Gasteiger charge is -2.23. The minimum atomic E-state index is -1.82. The van der Waals surface area contributed by atoms with Crippen LogP contribution in [0.5, 0.6) is 0 Å². The van der Waals surface area contributed by atoms with Gasteiger partial charge in [0.15, 0.2) is 0 Å². The van der Waals surface area contributed by atoms with E-state index in [0.29, 0.717) is 6.04 Å². The highest BCUT2D eigenvalue weighted by Crippen LogP contribution is 2.23. The van der Waals surface area contributed by atoms with Crippen molar-refractivity contribution in [1.29, 1.82) is 0 Å². The maximum atomic E-state index is 9.10. The van der Waals surface area contributed by atoms with Crippen molar-refractivity contribution in [2.24, 2.45) is 0 Å². The standard InChI is InChI=1S/C11H14BrN.C2H2O4/c12-10-6-4-9(5-7-10)11-3-1-2-8-13-11;3-1(4)2(5)6/h4-7,11,13H,1-3,8H2;(H,3,4)(H,5,6). The second-order valence-corrected chi connectivity index (χ2v) is 5.08. The molecule has 104 valence electrons. The predicted octanol–water partition coefficient (Wildman–Crippen LogP) is 2.42. The number of rotatable bonds is 1. The molecule has 1 aromatic rings. The van der Waals surface area contributed by atoms with Crippen LogP contribution in [0.1, 0.15) is 30.9 Å². The van der Waals surface area contributed by atoms with E-state index >= 15 is 0 Å². The van der Waals surface area contributed by atoms with Gasteiger partial charge in [0, 0.05) is 10.5 Å². The number of hydrogen-bond acceptors (Lipinski definition) is 3. The zero-order valence-electron chi connectivity index (χ0n) is 10.3. The van der Waals surface area contributed by atoms with Crippen molar-refractivity contribution in [3.63, 3.8) is 0 Å². The van der Waals surface area contributed by atoms with Crippen LogP contribution in [0.4, 0.5) is 0 Å². The topological polar surface area (TPSA) is 86.6 Å². The summed E-state index contributed by atoms with van der Waals surface area (Å²) in [6, 6.07) is 9.22. The fraction of sp³-hybridized carbons (Fsp3) is 0.385. The first-order valence-corrected chi connectivity index (χ1v) is 6.75. The summed E-state index contributed by atoms with van der Waals surface area (Å²) in [7, 11) is 0. The van der Waals surface area contributed by atoms with Crippen LogP contribution in [0.25, 0.3) is 0 Å². The Labute approximate surface area is 119 Å². The molecule has 0 aliphatic carbocycles. The number of carbonyl (C=O) groups is 2. The van der Waals surface area contributed by atoms with Gasteiger partial charge in [-0.1, -0.05) is 34.5 Å². The summed E-state index contributed by atoms with van der Waals surface area (Å²) < 4.78 is 1.16. The molecule has 0 bridgehead atoms. The van der Waals surface area contributed by atoms with Crippen molar-refractivity contribution in [1.82, 2.24) is 5.32 Å². The van der Waals surface area contributed by atoms with Crippen LogP contribution in [0, 0.1) is 0 Å². The van der Waals surface area contributed by atoms with Crippen LogP contribution in [0.15, 0.2) is 28.7 Å². The number of carboxylic acids is 2. The van der Waals surface area contributed by atoms with E-state index in [2.05, 4.69) is 45.5 Å². The molecule has 6 heteroatoms. The Morgan fingerprint density at radius 2 is 1.68 bits per heavy atom. The molecule has 1 heterocycles. The predicted molar refractivity (Wildman–Crippen MR) is 74.0 cm³/mol. The molecule has 0 spiro atoms. The zero-order chi connectivity index (χ0) is 14.3. The third kappa shape index (κ3) is 5.85. The number of benzene rings is 1. The van der Waals surface area contributed by atoms with Crippen molar-refractivity contribution in [2.75, 3.05) is 6.54 Å². The first-order chi connectivity index (χ1) is 9.00. The van der Waals surface area contributed by atoms with Gasteiger partial charge in [-0.3, -0.25) is 0 Å². The van der Waals surface area contributed by atoms with Crippen molar-refractivity contribution in [2.45, 2.75) is 25.3 Å². The van der Waals surface area contributed by atoms with E-state index in [1.54, 1.807) is 0 Å². The number of nitrogens with one attached hydrogen (secondary N) is 1. The normalized spacial score (nSPS) is 18.1. The fourth-order valence-electron chi connectivity index (χ4n) is 1.83. The molecule has 19 heavy (non-hydrogen) atoms. The Morgan fingerprint density at radius 3 is 2.11 bits per heavy atom. The van der Waals surface area contributed by atoms with E-state index in [4.69, 9.17) is 19.8 Å². The average Bonchev–Trinajstić information content (AvgIpc) is 2.41. The van der Waals surface area contributed by atoms with Crippen LogP contribution < -0.4 is 5.32 Å². The molecule has 1 saturated heterocycles. The van der Waals surface area contributed by atoms with Gasteiger partial charge in [-0.2, -0.15) is 0 Å². The molecule has 0 amide bonds. The molecule has 0 aromatic heterocycles. The zero-order valence-corrected chi connectivity index (χ0v) is 11.9. The number of carboxylic acid groups (broad SMARTS) is 2. The lowest BCUT2D eigenvalue weighted by Crippen LogP contribution is -2.26. The Morgan fingerprint density at radius 1 is 1.11 bits per heavy atom.